The Morgan fingerprint density at radius 2 is 1.94 bits per heavy atom. The van der Waals surface area contributed by atoms with Crippen LogP contribution < -0.4 is 10.5 Å². The Labute approximate surface area is 193 Å². The van der Waals surface area contributed by atoms with E-state index in [1.165, 1.54) is 5.56 Å². The van der Waals surface area contributed by atoms with Crippen LogP contribution >= 0.6 is 7.60 Å². The third-order valence-electron chi connectivity index (χ3n) is 6.37. The van der Waals surface area contributed by atoms with Crippen LogP contribution in [0.3, 0.4) is 0 Å². The fraction of sp³-hybridized carbons (Fsp3) is 0.400. The Balaban J connectivity index is 1.76. The van der Waals surface area contributed by atoms with E-state index in [1.54, 1.807) is 0 Å². The molecule has 8 heteroatoms. The molecule has 1 aliphatic rings. The Hall–Kier alpha value is -2.60. The van der Waals surface area contributed by atoms with Crippen molar-refractivity contribution in [3.8, 4) is 5.75 Å². The maximum atomic E-state index is 12.3. The van der Waals surface area contributed by atoms with E-state index in [4.69, 9.17) is 10.5 Å². The van der Waals surface area contributed by atoms with Gasteiger partial charge in [0.2, 0.25) is 5.91 Å². The van der Waals surface area contributed by atoms with Crippen LogP contribution in [0.2, 0.25) is 0 Å². The van der Waals surface area contributed by atoms with E-state index < -0.39 is 13.2 Å². The lowest BCUT2D eigenvalue weighted by Gasteiger charge is -2.27. The van der Waals surface area contributed by atoms with Gasteiger partial charge in [0.1, 0.15) is 11.4 Å². The number of aromatic nitrogens is 1. The van der Waals surface area contributed by atoms with Crippen LogP contribution in [0.1, 0.15) is 55.8 Å². The first-order valence-corrected chi connectivity index (χ1v) is 13.1. The molecule has 1 unspecified atom stereocenters. The summed E-state index contributed by atoms with van der Waals surface area (Å²) in [5, 5.41) is 0.952. The van der Waals surface area contributed by atoms with Crippen molar-refractivity contribution in [3.05, 3.63) is 65.4 Å². The maximum Gasteiger partial charge on any atom is 0.325 e. The molecule has 176 valence electrons. The molecule has 1 amide bonds. The van der Waals surface area contributed by atoms with E-state index in [0.29, 0.717) is 12.3 Å². The second-order valence-corrected chi connectivity index (χ2v) is 11.2. The lowest BCUT2D eigenvalue weighted by Crippen LogP contribution is -2.29. The smallest absolute Gasteiger partial charge is 0.325 e. The SMILES string of the molecule is CC(C)(CCP(=O)(O)O)Oc1ccc2c(c1)c1c(n2Cc2ccccc2)CCCC1C(N)=O. The van der Waals surface area contributed by atoms with Gasteiger partial charge in [0.05, 0.1) is 12.1 Å². The predicted molar refractivity (Wildman–Crippen MR) is 129 cm³/mol. The van der Waals surface area contributed by atoms with Gasteiger partial charge in [-0.2, -0.15) is 0 Å². The van der Waals surface area contributed by atoms with E-state index in [2.05, 4.69) is 16.7 Å². The normalized spacial score (nSPS) is 16.5. The van der Waals surface area contributed by atoms with Crippen molar-refractivity contribution in [1.82, 2.24) is 4.57 Å². The van der Waals surface area contributed by atoms with Crippen LogP contribution in [-0.2, 0) is 22.3 Å². The van der Waals surface area contributed by atoms with Crippen molar-refractivity contribution in [3.63, 3.8) is 0 Å². The highest BCUT2D eigenvalue weighted by molar-refractivity contribution is 7.51. The molecule has 0 fully saturated rings. The van der Waals surface area contributed by atoms with Crippen LogP contribution in [0, 0.1) is 0 Å². The highest BCUT2D eigenvalue weighted by atomic mass is 31.2. The summed E-state index contributed by atoms with van der Waals surface area (Å²) in [7, 11) is -4.11. The largest absolute Gasteiger partial charge is 0.488 e. The lowest BCUT2D eigenvalue weighted by molar-refractivity contribution is -0.119. The van der Waals surface area contributed by atoms with Gasteiger partial charge in [0, 0.05) is 23.1 Å². The Morgan fingerprint density at radius 3 is 2.61 bits per heavy atom. The fourth-order valence-corrected chi connectivity index (χ4v) is 5.60. The number of nitrogens with zero attached hydrogens (tertiary/aromatic N) is 1. The van der Waals surface area contributed by atoms with E-state index in [0.717, 1.165) is 41.4 Å². The van der Waals surface area contributed by atoms with Crippen LogP contribution in [0.4, 0.5) is 0 Å². The molecule has 1 heterocycles. The standard InChI is InChI=1S/C25H31N2O5P/c1-25(2,13-14-33(29,30)31)32-18-11-12-21-20(15-18)23-19(24(26)28)9-6-10-22(23)27(21)16-17-7-4-3-5-8-17/h3-5,7-8,11-12,15,19H,6,9-10,13-14,16H2,1-2H3,(H2,26,28)(H2,29,30,31). The number of hydrogen-bond donors (Lipinski definition) is 3. The number of benzene rings is 2. The number of ether oxygens (including phenoxy) is 1. The summed E-state index contributed by atoms with van der Waals surface area (Å²) >= 11 is 0. The van der Waals surface area contributed by atoms with Gasteiger partial charge in [-0.1, -0.05) is 30.3 Å². The zero-order valence-electron chi connectivity index (χ0n) is 19.0. The molecule has 0 spiro atoms. The van der Waals surface area contributed by atoms with Crippen molar-refractivity contribution in [1.29, 1.82) is 0 Å². The number of carbonyl (C=O) groups is 1. The molecule has 0 saturated carbocycles. The Morgan fingerprint density at radius 1 is 1.21 bits per heavy atom. The monoisotopic (exact) mass is 470 g/mol. The summed E-state index contributed by atoms with van der Waals surface area (Å²) in [6.07, 6.45) is 2.49. The van der Waals surface area contributed by atoms with Crippen molar-refractivity contribution in [2.24, 2.45) is 5.73 Å². The van der Waals surface area contributed by atoms with Crippen LogP contribution in [-0.4, -0.2) is 32.0 Å². The average Bonchev–Trinajstić information content (AvgIpc) is 3.05. The zero-order chi connectivity index (χ0) is 23.8. The van der Waals surface area contributed by atoms with Gasteiger partial charge in [0.15, 0.2) is 0 Å². The minimum atomic E-state index is -4.11. The molecular weight excluding hydrogens is 439 g/mol. The van der Waals surface area contributed by atoms with Gasteiger partial charge in [-0.05, 0) is 68.9 Å². The average molecular weight is 471 g/mol. The van der Waals surface area contributed by atoms with Gasteiger partial charge in [-0.3, -0.25) is 9.36 Å². The zero-order valence-corrected chi connectivity index (χ0v) is 19.9. The van der Waals surface area contributed by atoms with E-state index in [1.807, 2.05) is 50.2 Å². The van der Waals surface area contributed by atoms with Gasteiger partial charge in [-0.25, -0.2) is 0 Å². The molecule has 0 aliphatic heterocycles. The van der Waals surface area contributed by atoms with E-state index >= 15 is 0 Å². The molecule has 4 N–H and O–H groups in total. The Bertz CT molecular complexity index is 1210. The molecule has 0 radical (unpaired) electrons. The topological polar surface area (TPSA) is 115 Å². The third kappa shape index (κ3) is 5.32. The first-order valence-electron chi connectivity index (χ1n) is 11.3. The predicted octanol–water partition coefficient (Wildman–Crippen LogP) is 4.32. The molecule has 2 aromatic carbocycles. The lowest BCUT2D eigenvalue weighted by atomic mass is 9.84. The van der Waals surface area contributed by atoms with E-state index in [-0.39, 0.29) is 24.4 Å². The number of nitrogens with two attached hydrogens (primary N) is 1. The van der Waals surface area contributed by atoms with Gasteiger partial charge in [-0.15, -0.1) is 0 Å². The molecule has 1 atom stereocenters. The fourth-order valence-electron chi connectivity index (χ4n) is 4.77. The number of fused-ring (bicyclic) bond motifs is 3. The molecule has 33 heavy (non-hydrogen) atoms. The quantitative estimate of drug-likeness (QED) is 0.424. The van der Waals surface area contributed by atoms with Crippen molar-refractivity contribution < 1.29 is 23.9 Å². The highest BCUT2D eigenvalue weighted by Crippen LogP contribution is 2.42. The first-order chi connectivity index (χ1) is 15.5. The summed E-state index contributed by atoms with van der Waals surface area (Å²) in [5.41, 5.74) is 9.37. The first kappa shape index (κ1) is 23.6. The second kappa shape index (κ2) is 8.98. The minimum Gasteiger partial charge on any atom is -0.488 e. The molecule has 1 aliphatic carbocycles. The molecule has 1 aromatic heterocycles. The molecular formula is C25H31N2O5P. The Kier molecular flexibility index (Phi) is 6.41. The van der Waals surface area contributed by atoms with Gasteiger partial charge in [0.25, 0.3) is 0 Å². The second-order valence-electron chi connectivity index (χ2n) is 9.46. The van der Waals surface area contributed by atoms with Gasteiger partial charge >= 0.3 is 7.60 Å². The molecule has 0 saturated heterocycles. The third-order valence-corrected chi connectivity index (χ3v) is 7.17. The van der Waals surface area contributed by atoms with Crippen LogP contribution in [0.5, 0.6) is 5.75 Å². The number of rotatable bonds is 8. The molecule has 7 nitrogen and oxygen atoms in total. The van der Waals surface area contributed by atoms with Gasteiger partial charge < -0.3 is 24.8 Å². The summed E-state index contributed by atoms with van der Waals surface area (Å²) in [6, 6.07) is 16.0. The number of carbonyl (C=O) groups excluding carboxylic acids is 1. The molecule has 3 aromatic rings. The maximum absolute atomic E-state index is 12.3. The summed E-state index contributed by atoms with van der Waals surface area (Å²) in [5.74, 6) is -0.0548. The molecule has 0 bridgehead atoms. The number of amides is 1. The van der Waals surface area contributed by atoms with Crippen LogP contribution in [0.25, 0.3) is 10.9 Å². The number of primary amides is 1. The summed E-state index contributed by atoms with van der Waals surface area (Å²) in [4.78, 5) is 30.8. The van der Waals surface area contributed by atoms with Crippen molar-refractivity contribution >= 4 is 24.4 Å². The highest BCUT2D eigenvalue weighted by Gasteiger charge is 2.31. The summed E-state index contributed by atoms with van der Waals surface area (Å²) < 4.78 is 19.7. The van der Waals surface area contributed by atoms with E-state index in [9.17, 15) is 19.1 Å². The van der Waals surface area contributed by atoms with Crippen molar-refractivity contribution in [2.45, 2.75) is 57.6 Å². The summed E-state index contributed by atoms with van der Waals surface area (Å²) in [6.45, 7) is 4.33. The van der Waals surface area contributed by atoms with Crippen molar-refractivity contribution in [2.75, 3.05) is 6.16 Å². The molecule has 4 rings (SSSR count). The minimum absolute atomic E-state index is 0.215. The number of hydrogen-bond acceptors (Lipinski definition) is 3. The van der Waals surface area contributed by atoms with Crippen LogP contribution in [0.15, 0.2) is 48.5 Å².